The summed E-state index contributed by atoms with van der Waals surface area (Å²) in [5.74, 6) is 1.72. The molecule has 1 N–H and O–H groups in total. The number of aryl methyl sites for hydroxylation is 8. The van der Waals surface area contributed by atoms with Gasteiger partial charge in [-0.2, -0.15) is 9.13 Å². The average molecular weight is 671 g/mol. The molecular weight excluding hydrogens is 630 g/mol. The topological polar surface area (TPSA) is 33.2 Å². The Morgan fingerprint density at radius 1 is 0.738 bits per heavy atom. The van der Waals surface area contributed by atoms with Gasteiger partial charge in [-0.25, -0.2) is 0 Å². The van der Waals surface area contributed by atoms with Crippen molar-refractivity contribution in [1.82, 2.24) is 4.57 Å². The van der Waals surface area contributed by atoms with Gasteiger partial charge in [0.15, 0.2) is 5.84 Å². The summed E-state index contributed by atoms with van der Waals surface area (Å²) < 4.78 is 4.44. The lowest BCUT2D eigenvalue weighted by molar-refractivity contribution is -0.581. The van der Waals surface area contributed by atoms with Crippen LogP contribution in [0.15, 0.2) is 59.9 Å². The first-order valence-electron chi connectivity index (χ1n) is 13.3. The quantitative estimate of drug-likeness (QED) is 0.106. The van der Waals surface area contributed by atoms with Crippen molar-refractivity contribution in [3.8, 4) is 11.4 Å². The average Bonchev–Trinajstić information content (AvgIpc) is 3.23. The molecule has 0 radical (unpaired) electrons. The van der Waals surface area contributed by atoms with E-state index in [4.69, 9.17) is 51.4 Å². The molecule has 0 spiro atoms. The highest BCUT2D eigenvalue weighted by Gasteiger charge is 2.25. The van der Waals surface area contributed by atoms with Crippen molar-refractivity contribution in [2.45, 2.75) is 62.3 Å². The zero-order valence-electron chi connectivity index (χ0n) is 25.8. The molecule has 0 atom stereocenters. The van der Waals surface area contributed by atoms with Crippen LogP contribution in [-0.4, -0.2) is 21.1 Å². The fourth-order valence-corrected chi connectivity index (χ4v) is 5.31. The molecule has 0 fully saturated rings. The summed E-state index contributed by atoms with van der Waals surface area (Å²) in [7, 11) is 0. The van der Waals surface area contributed by atoms with E-state index in [1.54, 1.807) is 0 Å². The molecular formula is C33H41Cl5N4. The molecule has 1 heterocycles. The summed E-state index contributed by atoms with van der Waals surface area (Å²) in [6.45, 7) is 19.3. The van der Waals surface area contributed by atoms with Gasteiger partial charge in [0.2, 0.25) is 0 Å². The highest BCUT2D eigenvalue weighted by molar-refractivity contribution is 6.41. The second-order valence-electron chi connectivity index (χ2n) is 10.1. The minimum atomic E-state index is 0. The molecule has 4 nitrogen and oxygen atoms in total. The molecule has 42 heavy (non-hydrogen) atoms. The summed E-state index contributed by atoms with van der Waals surface area (Å²) >= 11 is 19.1. The van der Waals surface area contributed by atoms with E-state index in [0.29, 0.717) is 0 Å². The van der Waals surface area contributed by atoms with E-state index in [0.717, 1.165) is 17.5 Å². The van der Waals surface area contributed by atoms with Crippen LogP contribution < -0.4 is 22.3 Å². The van der Waals surface area contributed by atoms with Gasteiger partial charge >= 0.3 is 5.95 Å². The lowest BCUT2D eigenvalue weighted by Gasteiger charge is -2.13. The van der Waals surface area contributed by atoms with Gasteiger partial charge in [0, 0.05) is 12.6 Å². The lowest BCUT2D eigenvalue weighted by atomic mass is 10.0. The van der Waals surface area contributed by atoms with Crippen LogP contribution in [0.4, 0.5) is 11.6 Å². The number of rotatable bonds is 4. The van der Waals surface area contributed by atoms with Gasteiger partial charge in [-0.15, -0.1) is 46.4 Å². The maximum Gasteiger partial charge on any atom is 0.410 e. The fourth-order valence-electron chi connectivity index (χ4n) is 5.31. The Labute approximate surface area is 278 Å². The molecule has 9 heteroatoms. The highest BCUT2D eigenvalue weighted by Crippen LogP contribution is 2.28. The molecule has 0 aliphatic heterocycles. The fraction of sp³-hybridized carbons (Fsp3) is 0.333. The van der Waals surface area contributed by atoms with Gasteiger partial charge < -0.3 is 17.7 Å². The van der Waals surface area contributed by atoms with Crippen LogP contribution in [0, 0.1) is 55.4 Å². The number of nitrogens with one attached hydrogen (secondary N) is 1. The minimum Gasteiger partial charge on any atom is -1.00 e. The van der Waals surface area contributed by atoms with Crippen LogP contribution in [0.25, 0.3) is 11.4 Å². The van der Waals surface area contributed by atoms with E-state index in [1.807, 2.05) is 6.92 Å². The summed E-state index contributed by atoms with van der Waals surface area (Å²) in [6.07, 6.45) is 4.27. The number of alkyl halides is 4. The molecule has 4 rings (SSSR count). The summed E-state index contributed by atoms with van der Waals surface area (Å²) in [4.78, 5) is 5.19. The Bertz CT molecular complexity index is 1370. The number of amidine groups is 1. The maximum absolute atomic E-state index is 5.19. The smallest absolute Gasteiger partial charge is 0.410 e. The molecule has 0 aliphatic rings. The molecule has 3 aromatic carbocycles. The maximum atomic E-state index is 5.19. The van der Waals surface area contributed by atoms with E-state index in [1.165, 1.54) is 55.9 Å². The van der Waals surface area contributed by atoms with E-state index in [2.05, 4.69) is 125 Å². The molecule has 0 amide bonds. The van der Waals surface area contributed by atoms with Crippen LogP contribution in [-0.2, 0) is 0 Å². The highest BCUT2D eigenvalue weighted by atomic mass is 35.5. The molecule has 0 saturated heterocycles. The Morgan fingerprint density at radius 2 is 1.17 bits per heavy atom. The van der Waals surface area contributed by atoms with Crippen LogP contribution in [0.5, 0.6) is 0 Å². The predicted octanol–water partition coefficient (Wildman–Crippen LogP) is 7.23. The van der Waals surface area contributed by atoms with Crippen LogP contribution in [0.3, 0.4) is 0 Å². The number of hydrogen-bond donors (Lipinski definition) is 1. The van der Waals surface area contributed by atoms with E-state index in [9.17, 15) is 0 Å². The van der Waals surface area contributed by atoms with Crippen molar-refractivity contribution in [3.63, 3.8) is 0 Å². The van der Waals surface area contributed by atoms with Crippen molar-refractivity contribution in [2.75, 3.05) is 16.0 Å². The van der Waals surface area contributed by atoms with Crippen molar-refractivity contribution >= 4 is 63.9 Å². The zero-order valence-corrected chi connectivity index (χ0v) is 29.6. The Kier molecular flexibility index (Phi) is 16.0. The largest absolute Gasteiger partial charge is 1.00 e. The van der Waals surface area contributed by atoms with E-state index in [-0.39, 0.29) is 23.1 Å². The number of hydrogen-bond acceptors (Lipinski definition) is 1. The number of nitrogens with zero attached hydrogens (tertiary/aromatic N) is 3. The van der Waals surface area contributed by atoms with E-state index >= 15 is 0 Å². The van der Waals surface area contributed by atoms with Gasteiger partial charge in [0.05, 0.1) is 10.7 Å². The number of imidazole rings is 1. The Balaban J connectivity index is 0.00000116. The number of para-hydroxylation sites is 1. The van der Waals surface area contributed by atoms with Gasteiger partial charge in [-0.05, 0) is 88.8 Å². The van der Waals surface area contributed by atoms with Crippen LogP contribution in [0.1, 0.15) is 51.4 Å². The van der Waals surface area contributed by atoms with Crippen molar-refractivity contribution in [1.29, 1.82) is 0 Å². The normalized spacial score (nSPS) is 10.6. The van der Waals surface area contributed by atoms with Crippen molar-refractivity contribution in [3.05, 3.63) is 99.4 Å². The van der Waals surface area contributed by atoms with Crippen LogP contribution >= 0.6 is 46.4 Å². The first-order valence-corrected chi connectivity index (χ1v) is 15.5. The molecule has 0 aliphatic carbocycles. The molecule has 4 aromatic rings. The van der Waals surface area contributed by atoms with Gasteiger partial charge in [-0.1, -0.05) is 58.6 Å². The first kappa shape index (κ1) is 37.8. The monoisotopic (exact) mass is 668 g/mol. The van der Waals surface area contributed by atoms with Crippen molar-refractivity contribution in [2.24, 2.45) is 4.99 Å². The van der Waals surface area contributed by atoms with E-state index < -0.39 is 0 Å². The number of halogens is 5. The molecule has 228 valence electrons. The molecule has 0 unspecified atom stereocenters. The number of aromatic nitrogens is 2. The van der Waals surface area contributed by atoms with Gasteiger partial charge in [0.1, 0.15) is 23.8 Å². The molecule has 1 aromatic heterocycles. The van der Waals surface area contributed by atoms with Gasteiger partial charge in [-0.3, -0.25) is 0 Å². The third-order valence-electron chi connectivity index (χ3n) is 6.60. The zero-order chi connectivity index (χ0) is 30.9. The second-order valence-corrected chi connectivity index (χ2v) is 11.7. The molecule has 0 saturated carbocycles. The summed E-state index contributed by atoms with van der Waals surface area (Å²) in [6, 6.07) is 15.3. The minimum absolute atomic E-state index is 0. The Hall–Kier alpha value is -2.21. The third-order valence-corrected chi connectivity index (χ3v) is 6.60. The number of benzene rings is 3. The van der Waals surface area contributed by atoms with Crippen LogP contribution in [0.2, 0.25) is 0 Å². The first-order chi connectivity index (χ1) is 19.4. The standard InChI is InChI=1S/C31H36N4.2CH2Cl2.ClH/c1-19-15-23(5)29(24(6)16-19)34-13-14-35(30-25(7)17-20(2)18-26(30)8)31(34)33-27(9)32-28-21(3)11-10-12-22(28)4;2*2-1-3;/h10-18H,1-9H3;2*1H2;1H. The lowest BCUT2D eigenvalue weighted by Crippen LogP contribution is -3.00. The van der Waals surface area contributed by atoms with Crippen molar-refractivity contribution < 1.29 is 17.0 Å². The summed E-state index contributed by atoms with van der Waals surface area (Å²) in [5, 5.41) is 3.96. The number of anilines is 1. The molecule has 0 bridgehead atoms. The van der Waals surface area contributed by atoms with Gasteiger partial charge in [0.25, 0.3) is 0 Å². The second kappa shape index (κ2) is 17.8. The number of aliphatic imine (C=N–C) groups is 1. The third kappa shape index (κ3) is 9.65. The Morgan fingerprint density at radius 3 is 1.62 bits per heavy atom. The SMILES string of the molecule is C/C(=N\c1n(-c2c(C)cc(C)cc2C)cc[n+]1-c1c(C)cc(C)cc1C)Nc1c(C)cccc1C.ClCCl.ClCCl.[Cl-]. The predicted molar refractivity (Wildman–Crippen MR) is 181 cm³/mol. The summed E-state index contributed by atoms with van der Waals surface area (Å²) in [5.41, 5.74) is 13.4.